The molecule has 0 bridgehead atoms. The molecule has 2 rings (SSSR count). The van der Waals surface area contributed by atoms with Gasteiger partial charge in [0.05, 0.1) is 26.4 Å². The predicted octanol–water partition coefficient (Wildman–Crippen LogP) is 6.63. The van der Waals surface area contributed by atoms with Gasteiger partial charge < -0.3 is 64.2 Å². The second-order valence-electron chi connectivity index (χ2n) is 17.3. The van der Waals surface area contributed by atoms with E-state index in [1.807, 2.05) is 0 Å². The van der Waals surface area contributed by atoms with Gasteiger partial charge >= 0.3 is 5.97 Å². The van der Waals surface area contributed by atoms with Crippen molar-refractivity contribution in [1.29, 1.82) is 0 Å². The monoisotopic (exact) mass is 901 g/mol. The predicted molar refractivity (Wildman–Crippen MR) is 243 cm³/mol. The quantitative estimate of drug-likeness (QED) is 0.0197. The Morgan fingerprint density at radius 3 is 1.57 bits per heavy atom. The van der Waals surface area contributed by atoms with Gasteiger partial charge in [0, 0.05) is 13.0 Å². The van der Waals surface area contributed by atoms with Gasteiger partial charge in [-0.2, -0.15) is 0 Å². The van der Waals surface area contributed by atoms with Gasteiger partial charge in [-0.15, -0.1) is 0 Å². The zero-order valence-corrected chi connectivity index (χ0v) is 38.8. The van der Waals surface area contributed by atoms with Crippen molar-refractivity contribution < 1.29 is 69.0 Å². The minimum absolute atomic E-state index is 0.0513. The Morgan fingerprint density at radius 2 is 0.984 bits per heavy atom. The van der Waals surface area contributed by atoms with Crippen LogP contribution in [0.3, 0.4) is 0 Å². The van der Waals surface area contributed by atoms with Crippen molar-refractivity contribution in [2.45, 2.75) is 235 Å². The van der Waals surface area contributed by atoms with Crippen molar-refractivity contribution in [3.8, 4) is 0 Å². The van der Waals surface area contributed by atoms with Crippen LogP contribution in [0.25, 0.3) is 0 Å². The molecule has 0 spiro atoms. The molecule has 0 amide bonds. The molecular weight excluding hydrogens is 813 g/mol. The number of aliphatic hydroxyl groups excluding tert-OH is 7. The molecule has 0 aromatic carbocycles. The molecule has 0 saturated carbocycles. The van der Waals surface area contributed by atoms with Crippen molar-refractivity contribution >= 4 is 5.97 Å². The lowest BCUT2D eigenvalue weighted by atomic mass is 9.98. The van der Waals surface area contributed by atoms with E-state index < -0.39 is 86.7 Å². The van der Waals surface area contributed by atoms with E-state index in [1.165, 1.54) is 64.2 Å². The summed E-state index contributed by atoms with van der Waals surface area (Å²) in [5, 5.41) is 72.0. The van der Waals surface area contributed by atoms with Gasteiger partial charge in [-0.3, -0.25) is 4.79 Å². The summed E-state index contributed by atoms with van der Waals surface area (Å²) in [6, 6.07) is 0. The third kappa shape index (κ3) is 25.6. The minimum Gasteiger partial charge on any atom is -0.457 e. The van der Waals surface area contributed by atoms with Crippen LogP contribution in [-0.4, -0.2) is 142 Å². The summed E-state index contributed by atoms with van der Waals surface area (Å²) in [6.07, 6.45) is 23.5. The van der Waals surface area contributed by atoms with Crippen LogP contribution in [0, 0.1) is 0 Å². The highest BCUT2D eigenvalue weighted by Crippen LogP contribution is 2.26. The summed E-state index contributed by atoms with van der Waals surface area (Å²) in [7, 11) is 0. The summed E-state index contributed by atoms with van der Waals surface area (Å²) >= 11 is 0. The highest BCUT2D eigenvalue weighted by molar-refractivity contribution is 5.69. The fourth-order valence-corrected chi connectivity index (χ4v) is 7.54. The number of rotatable bonds is 38. The summed E-state index contributed by atoms with van der Waals surface area (Å²) in [6.45, 7) is 3.60. The average molecular weight is 901 g/mol. The van der Waals surface area contributed by atoms with Gasteiger partial charge in [0.15, 0.2) is 12.6 Å². The van der Waals surface area contributed by atoms with Crippen LogP contribution in [0.5, 0.6) is 0 Å². The van der Waals surface area contributed by atoms with Crippen LogP contribution in [0.15, 0.2) is 36.5 Å². The second kappa shape index (κ2) is 37.3. The number of hydrogen-bond acceptors (Lipinski definition) is 14. The van der Waals surface area contributed by atoms with Gasteiger partial charge in [0.1, 0.15) is 54.9 Å². The maximum Gasteiger partial charge on any atom is 0.306 e. The molecule has 63 heavy (non-hydrogen) atoms. The first-order chi connectivity index (χ1) is 30.6. The Bertz CT molecular complexity index is 1180. The largest absolute Gasteiger partial charge is 0.457 e. The number of aliphatic hydroxyl groups is 7. The van der Waals surface area contributed by atoms with Gasteiger partial charge in [0.2, 0.25) is 0 Å². The Hall–Kier alpha value is -1.79. The van der Waals surface area contributed by atoms with Crippen LogP contribution in [0.1, 0.15) is 168 Å². The van der Waals surface area contributed by atoms with Crippen molar-refractivity contribution in [3.63, 3.8) is 0 Å². The molecule has 368 valence electrons. The Balaban J connectivity index is 1.79. The zero-order chi connectivity index (χ0) is 45.9. The molecule has 11 atom stereocenters. The number of carbonyl (C=O) groups excluding carboxylic acids is 1. The van der Waals surface area contributed by atoms with Crippen molar-refractivity contribution in [1.82, 2.24) is 0 Å². The summed E-state index contributed by atoms with van der Waals surface area (Å²) < 4.78 is 34.2. The fourth-order valence-electron chi connectivity index (χ4n) is 7.54. The van der Waals surface area contributed by atoms with E-state index in [1.54, 1.807) is 0 Å². The van der Waals surface area contributed by atoms with E-state index in [0.29, 0.717) is 13.0 Å². The van der Waals surface area contributed by atoms with Crippen molar-refractivity contribution in [2.24, 2.45) is 0 Å². The van der Waals surface area contributed by atoms with Crippen LogP contribution >= 0.6 is 0 Å². The van der Waals surface area contributed by atoms with Gasteiger partial charge in [-0.05, 0) is 70.6 Å². The zero-order valence-electron chi connectivity index (χ0n) is 38.8. The van der Waals surface area contributed by atoms with E-state index >= 15 is 0 Å². The molecule has 14 heteroatoms. The molecule has 2 heterocycles. The third-order valence-corrected chi connectivity index (χ3v) is 11.6. The standard InChI is InChI=1S/C49H88O14/c1-3-5-7-9-11-13-15-17-18-19-20-21-23-25-27-29-31-33-58-35-38(61-41(51)32-30-28-26-24-22-16-14-12-10-8-6-4-2)36-59-48-47(57)45(55)43(53)40(63-48)37-60-49-46(56)44(54)42(52)39(34-50)62-49/h12-15,18-19,38-40,42-50,52-57H,3-11,16-17,20-37H2,1-2H3/b14-12-,15-13-,19-18-. The second-order valence-corrected chi connectivity index (χ2v) is 17.3. The molecule has 0 radical (unpaired) electrons. The molecule has 11 unspecified atom stereocenters. The number of unbranched alkanes of at least 4 members (excludes halogenated alkanes) is 18. The smallest absolute Gasteiger partial charge is 0.306 e. The first kappa shape index (κ1) is 57.3. The van der Waals surface area contributed by atoms with Crippen molar-refractivity contribution in [3.05, 3.63) is 36.5 Å². The fraction of sp³-hybridized carbons (Fsp3) is 0.857. The normalized spacial score (nSPS) is 27.3. The molecule has 0 aromatic rings. The molecule has 0 aliphatic carbocycles. The first-order valence-electron chi connectivity index (χ1n) is 24.6. The molecule has 2 fully saturated rings. The first-order valence-corrected chi connectivity index (χ1v) is 24.6. The molecule has 0 aromatic heterocycles. The Kier molecular flexibility index (Phi) is 34.0. The van der Waals surface area contributed by atoms with Crippen LogP contribution < -0.4 is 0 Å². The number of allylic oxidation sites excluding steroid dienone is 6. The maximum atomic E-state index is 12.9. The lowest BCUT2D eigenvalue weighted by Gasteiger charge is -2.42. The molecule has 7 N–H and O–H groups in total. The van der Waals surface area contributed by atoms with Crippen LogP contribution in [0.2, 0.25) is 0 Å². The summed E-state index contributed by atoms with van der Waals surface area (Å²) in [5.74, 6) is -0.391. The van der Waals surface area contributed by atoms with E-state index in [2.05, 4.69) is 50.3 Å². The lowest BCUT2D eigenvalue weighted by Crippen LogP contribution is -2.61. The lowest BCUT2D eigenvalue weighted by molar-refractivity contribution is -0.332. The topological polar surface area (TPSA) is 214 Å². The molecule has 2 saturated heterocycles. The van der Waals surface area contributed by atoms with Gasteiger partial charge in [-0.25, -0.2) is 0 Å². The molecular formula is C49H88O14. The highest BCUT2D eigenvalue weighted by Gasteiger charge is 2.47. The number of carbonyl (C=O) groups is 1. The Labute approximate surface area is 379 Å². The number of esters is 1. The van der Waals surface area contributed by atoms with Gasteiger partial charge in [0.25, 0.3) is 0 Å². The van der Waals surface area contributed by atoms with E-state index in [-0.39, 0.29) is 19.6 Å². The number of hydrogen-bond donors (Lipinski definition) is 7. The molecule has 2 aliphatic heterocycles. The maximum absolute atomic E-state index is 12.9. The molecule has 14 nitrogen and oxygen atoms in total. The SMILES string of the molecule is CCCCC/C=C\CCCCCCCC(=O)OC(COCCCCCCCC/C=C\C/C=C\CCCCCC)COC1OC(COC2OC(CO)C(O)C(O)C2O)C(O)C(O)C1O. The van der Waals surface area contributed by atoms with Crippen LogP contribution in [0.4, 0.5) is 0 Å². The van der Waals surface area contributed by atoms with Crippen molar-refractivity contribution in [2.75, 3.05) is 33.0 Å². The Morgan fingerprint density at radius 1 is 0.524 bits per heavy atom. The average Bonchev–Trinajstić information content (AvgIpc) is 3.28. The highest BCUT2D eigenvalue weighted by atomic mass is 16.7. The number of ether oxygens (including phenoxy) is 6. The van der Waals surface area contributed by atoms with Crippen LogP contribution in [-0.2, 0) is 33.2 Å². The van der Waals surface area contributed by atoms with E-state index in [9.17, 15) is 40.5 Å². The van der Waals surface area contributed by atoms with Gasteiger partial charge in [-0.1, -0.05) is 127 Å². The minimum atomic E-state index is -1.71. The summed E-state index contributed by atoms with van der Waals surface area (Å²) in [4.78, 5) is 12.9. The van der Waals surface area contributed by atoms with E-state index in [4.69, 9.17) is 28.4 Å². The van der Waals surface area contributed by atoms with E-state index in [0.717, 1.165) is 77.0 Å². The third-order valence-electron chi connectivity index (χ3n) is 11.6. The molecule has 2 aliphatic rings. The summed E-state index contributed by atoms with van der Waals surface area (Å²) in [5.41, 5.74) is 0.